The molecule has 3 aromatic carbocycles. The molecule has 0 aliphatic rings. The second-order valence-electron chi connectivity index (χ2n) is 11.6. The van der Waals surface area contributed by atoms with E-state index >= 15 is 0 Å². The largest absolute Gasteiger partial charge is 0.491 e. The predicted octanol–water partition coefficient (Wildman–Crippen LogP) is 7.94. The zero-order valence-corrected chi connectivity index (χ0v) is 25.2. The molecule has 3 aromatic rings. The Balaban J connectivity index is 1.72. The lowest BCUT2D eigenvalue weighted by molar-refractivity contribution is -0.152. The summed E-state index contributed by atoms with van der Waals surface area (Å²) < 4.78 is 11.3. The van der Waals surface area contributed by atoms with Crippen LogP contribution in [0, 0.1) is 5.41 Å². The Morgan fingerprint density at radius 1 is 0.750 bits per heavy atom. The highest BCUT2D eigenvalue weighted by atomic mass is 16.5. The first-order chi connectivity index (χ1) is 19.2. The number of aliphatic hydroxyl groups excluding tert-OH is 1. The molecule has 3 rings (SSSR count). The van der Waals surface area contributed by atoms with E-state index in [1.165, 1.54) is 53.5 Å². The fourth-order valence-electron chi connectivity index (χ4n) is 4.83. The molecular weight excluding hydrogens is 496 g/mol. The fraction of sp³-hybridized carbons (Fsp3) is 0.472. The monoisotopic (exact) mass is 544 g/mol. The number of hydrogen-bond donors (Lipinski definition) is 1. The van der Waals surface area contributed by atoms with Crippen LogP contribution in [0.4, 0.5) is 0 Å². The molecule has 0 saturated heterocycles. The molecule has 0 fully saturated rings. The lowest BCUT2D eigenvalue weighted by atomic mass is 9.92. The van der Waals surface area contributed by atoms with Crippen molar-refractivity contribution in [3.63, 3.8) is 0 Å². The highest BCUT2D eigenvalue weighted by Crippen LogP contribution is 2.31. The zero-order valence-electron chi connectivity index (χ0n) is 25.2. The van der Waals surface area contributed by atoms with E-state index in [1.807, 2.05) is 26.8 Å². The zero-order chi connectivity index (χ0) is 29.0. The van der Waals surface area contributed by atoms with Gasteiger partial charge in [0.15, 0.2) is 0 Å². The van der Waals surface area contributed by atoms with Gasteiger partial charge in [-0.25, -0.2) is 0 Å². The number of aliphatic hydroxyl groups is 1. The van der Waals surface area contributed by atoms with Crippen LogP contribution in [0.15, 0.2) is 60.7 Å². The Morgan fingerprint density at radius 2 is 1.43 bits per heavy atom. The van der Waals surface area contributed by atoms with Crippen LogP contribution < -0.4 is 4.74 Å². The third-order valence-electron chi connectivity index (χ3n) is 7.28. The average Bonchev–Trinajstić information content (AvgIpc) is 2.95. The van der Waals surface area contributed by atoms with Gasteiger partial charge in [-0.05, 0) is 104 Å². The van der Waals surface area contributed by atoms with Gasteiger partial charge in [-0.1, -0.05) is 75.2 Å². The van der Waals surface area contributed by atoms with Gasteiger partial charge in [-0.15, -0.1) is 0 Å². The van der Waals surface area contributed by atoms with Crippen LogP contribution in [0.3, 0.4) is 0 Å². The predicted molar refractivity (Wildman–Crippen MR) is 165 cm³/mol. The van der Waals surface area contributed by atoms with Crippen molar-refractivity contribution in [1.82, 2.24) is 0 Å². The molecule has 0 heterocycles. The molecule has 0 aromatic heterocycles. The Hall–Kier alpha value is -3.11. The molecule has 0 atom stereocenters. The summed E-state index contributed by atoms with van der Waals surface area (Å²) in [6.45, 7) is 10.5. The smallest absolute Gasteiger partial charge is 0.311 e. The summed E-state index contributed by atoms with van der Waals surface area (Å²) in [5, 5.41) is 9.26. The number of unbranched alkanes of at least 4 members (excludes halogenated alkanes) is 2. The summed E-state index contributed by atoms with van der Waals surface area (Å²) in [6, 6.07) is 22.2. The lowest BCUT2D eigenvalue weighted by Crippen LogP contribution is -2.23. The van der Waals surface area contributed by atoms with Gasteiger partial charge in [-0.2, -0.15) is 0 Å². The molecule has 0 radical (unpaired) electrons. The van der Waals surface area contributed by atoms with E-state index in [2.05, 4.69) is 68.4 Å². The Labute approximate surface area is 241 Å². The normalized spacial score (nSPS) is 11.4. The number of carbonyl (C=O) groups is 1. The van der Waals surface area contributed by atoms with Crippen molar-refractivity contribution in [1.29, 1.82) is 0 Å². The van der Waals surface area contributed by atoms with Crippen molar-refractivity contribution < 1.29 is 19.4 Å². The molecule has 216 valence electrons. The molecule has 0 amide bonds. The molecule has 0 spiro atoms. The number of hydrogen-bond acceptors (Lipinski definition) is 4. The van der Waals surface area contributed by atoms with Gasteiger partial charge in [0, 0.05) is 6.42 Å². The summed E-state index contributed by atoms with van der Waals surface area (Å²) in [4.78, 5) is 12.2. The van der Waals surface area contributed by atoms with E-state index in [0.717, 1.165) is 36.1 Å². The number of rotatable bonds is 15. The van der Waals surface area contributed by atoms with Gasteiger partial charge < -0.3 is 14.6 Å². The molecule has 0 aliphatic heterocycles. The number of aryl methyl sites for hydroxylation is 4. The molecule has 0 aliphatic carbocycles. The fourth-order valence-corrected chi connectivity index (χ4v) is 4.83. The Kier molecular flexibility index (Phi) is 12.3. The summed E-state index contributed by atoms with van der Waals surface area (Å²) in [5.41, 5.74) is 8.26. The van der Waals surface area contributed by atoms with Crippen LogP contribution in [0.5, 0.6) is 5.75 Å². The SMILES string of the molecule is CCCCCc1ccc(CCc2ccc(-c3ccc(OCCO)c(CCOC(=O)C(C)(C)C)c3)c(CC)c2)cc1. The van der Waals surface area contributed by atoms with E-state index in [9.17, 15) is 9.90 Å². The standard InChI is InChI=1S/C36H48O4/c1-6-8-9-10-27-11-13-28(14-12-27)15-16-29-17-19-33(30(7-2)25-29)31-18-20-34(39-24-22-37)32(26-31)21-23-40-35(38)36(3,4)5/h11-14,17-20,25-26,37H,6-10,15-16,21-24H2,1-5H3. The molecule has 0 bridgehead atoms. The summed E-state index contributed by atoms with van der Waals surface area (Å²) >= 11 is 0. The molecule has 0 unspecified atom stereocenters. The lowest BCUT2D eigenvalue weighted by Gasteiger charge is -2.18. The van der Waals surface area contributed by atoms with Crippen molar-refractivity contribution >= 4 is 5.97 Å². The molecule has 4 heteroatoms. The Bertz CT molecular complexity index is 1200. The first kappa shape index (κ1) is 31.4. The third kappa shape index (κ3) is 9.52. The van der Waals surface area contributed by atoms with Crippen molar-refractivity contribution in [2.45, 2.75) is 86.0 Å². The van der Waals surface area contributed by atoms with E-state index in [0.29, 0.717) is 6.42 Å². The van der Waals surface area contributed by atoms with Crippen molar-refractivity contribution in [3.8, 4) is 16.9 Å². The topological polar surface area (TPSA) is 55.8 Å². The van der Waals surface area contributed by atoms with Crippen LogP contribution in [-0.4, -0.2) is 30.9 Å². The van der Waals surface area contributed by atoms with Gasteiger partial charge in [0.2, 0.25) is 0 Å². The molecule has 0 saturated carbocycles. The van der Waals surface area contributed by atoms with E-state index in [1.54, 1.807) is 0 Å². The van der Waals surface area contributed by atoms with Gasteiger partial charge in [0.1, 0.15) is 12.4 Å². The van der Waals surface area contributed by atoms with Crippen LogP contribution in [0.2, 0.25) is 0 Å². The van der Waals surface area contributed by atoms with Gasteiger partial charge in [0.05, 0.1) is 18.6 Å². The van der Waals surface area contributed by atoms with E-state index in [4.69, 9.17) is 9.47 Å². The van der Waals surface area contributed by atoms with Crippen molar-refractivity contribution in [3.05, 3.63) is 88.5 Å². The van der Waals surface area contributed by atoms with Crippen molar-refractivity contribution in [2.75, 3.05) is 19.8 Å². The second kappa shape index (κ2) is 15.6. The summed E-state index contributed by atoms with van der Waals surface area (Å²) in [7, 11) is 0. The molecule has 4 nitrogen and oxygen atoms in total. The minimum atomic E-state index is -0.534. The molecular formula is C36H48O4. The maximum absolute atomic E-state index is 12.2. The number of benzene rings is 3. The Morgan fingerprint density at radius 3 is 2.08 bits per heavy atom. The second-order valence-corrected chi connectivity index (χ2v) is 11.6. The highest BCUT2D eigenvalue weighted by molar-refractivity contribution is 5.75. The highest BCUT2D eigenvalue weighted by Gasteiger charge is 2.23. The van der Waals surface area contributed by atoms with Crippen LogP contribution >= 0.6 is 0 Å². The van der Waals surface area contributed by atoms with Crippen LogP contribution in [0.1, 0.15) is 81.7 Å². The minimum absolute atomic E-state index is 0.0508. The van der Waals surface area contributed by atoms with Crippen molar-refractivity contribution in [2.24, 2.45) is 5.41 Å². The maximum atomic E-state index is 12.2. The first-order valence-corrected chi connectivity index (χ1v) is 15.0. The quantitative estimate of drug-likeness (QED) is 0.156. The third-order valence-corrected chi connectivity index (χ3v) is 7.28. The van der Waals surface area contributed by atoms with Crippen LogP contribution in [0.25, 0.3) is 11.1 Å². The molecule has 1 N–H and O–H groups in total. The van der Waals surface area contributed by atoms with E-state index in [-0.39, 0.29) is 25.8 Å². The van der Waals surface area contributed by atoms with Gasteiger partial charge in [-0.3, -0.25) is 4.79 Å². The minimum Gasteiger partial charge on any atom is -0.491 e. The van der Waals surface area contributed by atoms with E-state index < -0.39 is 5.41 Å². The summed E-state index contributed by atoms with van der Waals surface area (Å²) in [5.74, 6) is 0.504. The maximum Gasteiger partial charge on any atom is 0.311 e. The number of esters is 1. The number of ether oxygens (including phenoxy) is 2. The summed E-state index contributed by atoms with van der Waals surface area (Å²) in [6.07, 6.45) is 8.54. The van der Waals surface area contributed by atoms with Crippen LogP contribution in [-0.2, 0) is 41.6 Å². The van der Waals surface area contributed by atoms with Gasteiger partial charge in [0.25, 0.3) is 0 Å². The first-order valence-electron chi connectivity index (χ1n) is 15.0. The average molecular weight is 545 g/mol. The van der Waals surface area contributed by atoms with Gasteiger partial charge >= 0.3 is 5.97 Å². The molecule has 40 heavy (non-hydrogen) atoms. The number of carbonyl (C=O) groups excluding carboxylic acids is 1.